The second-order valence-corrected chi connectivity index (χ2v) is 5.92. The Hall–Kier alpha value is -0.550. The van der Waals surface area contributed by atoms with E-state index in [4.69, 9.17) is 4.74 Å². The zero-order valence-corrected chi connectivity index (χ0v) is 11.5. The lowest BCUT2D eigenvalue weighted by molar-refractivity contribution is -0.271. The van der Waals surface area contributed by atoms with Gasteiger partial charge in [-0.2, -0.15) is 13.2 Å². The van der Waals surface area contributed by atoms with Crippen LogP contribution in [0.3, 0.4) is 0 Å². The lowest BCUT2D eigenvalue weighted by Gasteiger charge is -2.40. The largest absolute Gasteiger partial charge is 0.417 e. The maximum atomic E-state index is 12.5. The minimum atomic E-state index is -4.94. The van der Waals surface area contributed by atoms with Gasteiger partial charge in [-0.1, -0.05) is 11.8 Å². The third kappa shape index (κ3) is 2.75. The molecule has 0 aromatic rings. The zero-order chi connectivity index (χ0) is 15.2. The van der Waals surface area contributed by atoms with Gasteiger partial charge < -0.3 is 25.0 Å². The molecule has 0 radical (unpaired) electrons. The number of ether oxygens (including phenoxy) is 1. The number of amidine groups is 1. The molecule has 0 spiro atoms. The molecular formula is C10H15F3N2O4S. The van der Waals surface area contributed by atoms with E-state index in [1.165, 1.54) is 0 Å². The van der Waals surface area contributed by atoms with Crippen molar-refractivity contribution in [1.82, 2.24) is 4.90 Å². The normalized spacial score (nSPS) is 39.2. The molecule has 1 fully saturated rings. The molecule has 0 saturated carbocycles. The first-order chi connectivity index (χ1) is 9.12. The fourth-order valence-electron chi connectivity index (χ4n) is 2.04. The topological polar surface area (TPSA) is 85.5 Å². The molecule has 0 amide bonds. The Labute approximate surface area is 117 Å². The summed E-state index contributed by atoms with van der Waals surface area (Å²) in [6, 6.07) is -0.857. The van der Waals surface area contributed by atoms with Crippen LogP contribution in [0.25, 0.3) is 0 Å². The van der Waals surface area contributed by atoms with Gasteiger partial charge in [-0.05, 0) is 0 Å². The molecule has 116 valence electrons. The number of aliphatic imine (C=N–C) groups is 1. The molecule has 1 saturated heterocycles. The second kappa shape index (κ2) is 5.34. The third-order valence-corrected chi connectivity index (χ3v) is 4.42. The van der Waals surface area contributed by atoms with E-state index < -0.39 is 42.1 Å². The average molecular weight is 316 g/mol. The van der Waals surface area contributed by atoms with E-state index >= 15 is 0 Å². The fraction of sp³-hybridized carbons (Fsp3) is 0.900. The number of halogens is 3. The molecule has 2 aliphatic heterocycles. The first kappa shape index (κ1) is 15.8. The summed E-state index contributed by atoms with van der Waals surface area (Å²) < 4.78 is 42.7. The van der Waals surface area contributed by atoms with E-state index in [9.17, 15) is 28.5 Å². The fourth-order valence-corrected chi connectivity index (χ4v) is 3.18. The number of aliphatic hydroxyl groups is 3. The second-order valence-electron chi connectivity index (χ2n) is 4.85. The molecule has 20 heavy (non-hydrogen) atoms. The monoisotopic (exact) mass is 316 g/mol. The number of rotatable bonds is 1. The van der Waals surface area contributed by atoms with Crippen LogP contribution in [0.5, 0.6) is 0 Å². The number of nitrogens with zero attached hydrogens (tertiary/aromatic N) is 2. The molecule has 2 heterocycles. The molecular weight excluding hydrogens is 301 g/mol. The number of aliphatic hydroxyl groups excluding tert-OH is 3. The van der Waals surface area contributed by atoms with Crippen molar-refractivity contribution in [2.24, 2.45) is 4.99 Å². The number of alkyl halides is 3. The molecule has 2 aliphatic rings. The molecule has 6 nitrogen and oxygen atoms in total. The van der Waals surface area contributed by atoms with Crippen LogP contribution in [-0.4, -0.2) is 81.6 Å². The van der Waals surface area contributed by atoms with Crippen molar-refractivity contribution in [1.29, 1.82) is 0 Å². The van der Waals surface area contributed by atoms with Gasteiger partial charge in [0.25, 0.3) is 0 Å². The summed E-state index contributed by atoms with van der Waals surface area (Å²) in [5, 5.41) is 29.3. The Morgan fingerprint density at radius 3 is 2.40 bits per heavy atom. The van der Waals surface area contributed by atoms with E-state index in [2.05, 4.69) is 4.99 Å². The van der Waals surface area contributed by atoms with Gasteiger partial charge in [-0.3, -0.25) is 4.99 Å². The Bertz CT molecular complexity index is 406. The summed E-state index contributed by atoms with van der Waals surface area (Å²) in [5.41, 5.74) is -0.868. The molecule has 10 heteroatoms. The number of hydrogen-bond acceptors (Lipinski definition) is 7. The summed E-state index contributed by atoms with van der Waals surface area (Å²) in [5.74, 6) is 0. The summed E-state index contributed by atoms with van der Waals surface area (Å²) >= 11 is 1.04. The van der Waals surface area contributed by atoms with Crippen molar-refractivity contribution in [3.05, 3.63) is 0 Å². The van der Waals surface area contributed by atoms with E-state index in [0.29, 0.717) is 5.17 Å². The molecule has 0 aliphatic carbocycles. The Kier molecular flexibility index (Phi) is 4.22. The van der Waals surface area contributed by atoms with Crippen molar-refractivity contribution in [3.8, 4) is 0 Å². The number of thioether (sulfide) groups is 1. The molecule has 0 aromatic heterocycles. The molecule has 0 bridgehead atoms. The van der Waals surface area contributed by atoms with Gasteiger partial charge in [0.1, 0.15) is 29.8 Å². The summed E-state index contributed by atoms with van der Waals surface area (Å²) in [4.78, 5) is 5.73. The lowest BCUT2D eigenvalue weighted by atomic mass is 9.94. The van der Waals surface area contributed by atoms with Crippen LogP contribution in [-0.2, 0) is 4.74 Å². The Morgan fingerprint density at radius 1 is 1.30 bits per heavy atom. The summed E-state index contributed by atoms with van der Waals surface area (Å²) in [7, 11) is 3.38. The zero-order valence-electron chi connectivity index (χ0n) is 10.7. The van der Waals surface area contributed by atoms with E-state index in [1.807, 2.05) is 0 Å². The van der Waals surface area contributed by atoms with Crippen LogP contribution in [0.4, 0.5) is 13.2 Å². The standard InChI is InChI=1S/C10H15F3N2O4S/c1-15(2)9-14-3-4(16)5(17)6(19-8(3)20-9)7(18)10(11,12)13/h3-8,16-18H,1-2H3/t3-,4-,5+,6?,7-,8-/m1/s1. The van der Waals surface area contributed by atoms with Gasteiger partial charge in [-0.25, -0.2) is 0 Å². The van der Waals surface area contributed by atoms with Gasteiger partial charge in [0.2, 0.25) is 0 Å². The highest BCUT2D eigenvalue weighted by Gasteiger charge is 2.56. The lowest BCUT2D eigenvalue weighted by Crippen LogP contribution is -2.60. The molecule has 1 unspecified atom stereocenters. The molecule has 3 N–H and O–H groups in total. The van der Waals surface area contributed by atoms with E-state index in [0.717, 1.165) is 11.8 Å². The van der Waals surface area contributed by atoms with Crippen LogP contribution in [0.1, 0.15) is 0 Å². The average Bonchev–Trinajstić information content (AvgIpc) is 2.76. The Morgan fingerprint density at radius 2 is 1.90 bits per heavy atom. The minimum absolute atomic E-state index is 0.480. The molecule has 0 aromatic carbocycles. The predicted molar refractivity (Wildman–Crippen MR) is 65.2 cm³/mol. The van der Waals surface area contributed by atoms with Gasteiger partial charge in [0, 0.05) is 14.1 Å². The SMILES string of the molecule is CN(C)C1=N[C@@H]2[C@@H](O)[C@H](O)C([C@@H](O)C(F)(F)F)O[C@@H]2S1. The Balaban J connectivity index is 2.17. The van der Waals surface area contributed by atoms with Crippen molar-refractivity contribution >= 4 is 16.9 Å². The van der Waals surface area contributed by atoms with Crippen molar-refractivity contribution in [2.75, 3.05) is 14.1 Å². The highest BCUT2D eigenvalue weighted by atomic mass is 32.2. The first-order valence-corrected chi connectivity index (χ1v) is 6.69. The van der Waals surface area contributed by atoms with Crippen molar-refractivity contribution in [3.63, 3.8) is 0 Å². The summed E-state index contributed by atoms with van der Waals surface area (Å²) in [6.07, 6.45) is -13.1. The maximum absolute atomic E-state index is 12.5. The van der Waals surface area contributed by atoms with Crippen LogP contribution in [0.15, 0.2) is 4.99 Å². The highest BCUT2D eigenvalue weighted by Crippen LogP contribution is 2.39. The van der Waals surface area contributed by atoms with Crippen LogP contribution in [0, 0.1) is 0 Å². The smallest absolute Gasteiger partial charge is 0.388 e. The number of fused-ring (bicyclic) bond motifs is 1. The highest BCUT2D eigenvalue weighted by molar-refractivity contribution is 8.14. The summed E-state index contributed by atoms with van der Waals surface area (Å²) in [6.45, 7) is 0. The molecule has 2 rings (SSSR count). The third-order valence-electron chi connectivity index (χ3n) is 3.12. The predicted octanol–water partition coefficient (Wildman–Crippen LogP) is -0.611. The van der Waals surface area contributed by atoms with Crippen LogP contribution in [0.2, 0.25) is 0 Å². The molecule has 6 atom stereocenters. The van der Waals surface area contributed by atoms with Crippen LogP contribution >= 0.6 is 11.8 Å². The van der Waals surface area contributed by atoms with Crippen molar-refractivity contribution in [2.45, 2.75) is 42.1 Å². The van der Waals surface area contributed by atoms with Crippen LogP contribution < -0.4 is 0 Å². The van der Waals surface area contributed by atoms with Gasteiger partial charge in [0.15, 0.2) is 11.3 Å². The van der Waals surface area contributed by atoms with E-state index in [-0.39, 0.29) is 0 Å². The maximum Gasteiger partial charge on any atom is 0.417 e. The van der Waals surface area contributed by atoms with Gasteiger partial charge >= 0.3 is 6.18 Å². The number of hydrogen-bond donors (Lipinski definition) is 3. The minimum Gasteiger partial charge on any atom is -0.388 e. The van der Waals surface area contributed by atoms with Crippen molar-refractivity contribution < 1.29 is 33.2 Å². The van der Waals surface area contributed by atoms with Gasteiger partial charge in [-0.15, -0.1) is 0 Å². The van der Waals surface area contributed by atoms with Gasteiger partial charge in [0.05, 0.1) is 0 Å². The van der Waals surface area contributed by atoms with E-state index in [1.54, 1.807) is 19.0 Å². The quantitative estimate of drug-likeness (QED) is 0.598. The first-order valence-electron chi connectivity index (χ1n) is 5.81.